The van der Waals surface area contributed by atoms with E-state index < -0.39 is 17.5 Å². The number of nitrogen functional groups attached to an aromatic ring is 1. The van der Waals surface area contributed by atoms with Crippen molar-refractivity contribution >= 4 is 28.8 Å². The zero-order chi connectivity index (χ0) is 20.7. The first-order valence-electron chi connectivity index (χ1n) is 8.02. The molecule has 0 spiro atoms. The molecule has 0 radical (unpaired) electrons. The minimum absolute atomic E-state index is 0.0134. The summed E-state index contributed by atoms with van der Waals surface area (Å²) in [6.45, 7) is 1.55. The van der Waals surface area contributed by atoms with Crippen molar-refractivity contribution in [3.05, 3.63) is 52.4 Å². The maximum absolute atomic E-state index is 14.7. The highest BCUT2D eigenvalue weighted by Crippen LogP contribution is 2.41. The summed E-state index contributed by atoms with van der Waals surface area (Å²) in [5, 5.41) is 5.15. The molecule has 6 nitrogen and oxygen atoms in total. The zero-order valence-electron chi connectivity index (χ0n) is 15.2. The minimum Gasteiger partial charge on any atom is -0.497 e. The molecule has 0 aliphatic carbocycles. The first-order chi connectivity index (χ1) is 13.1. The number of halogens is 4. The molecule has 0 aliphatic rings. The largest absolute Gasteiger partial charge is 0.497 e. The molecule has 0 fully saturated rings. The summed E-state index contributed by atoms with van der Waals surface area (Å²) in [5.41, 5.74) is 5.57. The van der Waals surface area contributed by atoms with Gasteiger partial charge in [-0.05, 0) is 19.1 Å². The van der Waals surface area contributed by atoms with Gasteiger partial charge in [0, 0.05) is 24.2 Å². The second-order valence-electron chi connectivity index (χ2n) is 6.07. The SMILES string of the molecule is COc1cc(F)c(-c2c(C)nn(C)c2N(N)c2c(N)cc(Cl)cc2F)c(F)c1. The molecule has 0 atom stereocenters. The van der Waals surface area contributed by atoms with Crippen molar-refractivity contribution in [1.82, 2.24) is 9.78 Å². The Hall–Kier alpha value is -2.91. The monoisotopic (exact) mass is 411 g/mol. The molecule has 4 N–H and O–H groups in total. The second kappa shape index (κ2) is 7.25. The van der Waals surface area contributed by atoms with Gasteiger partial charge in [-0.15, -0.1) is 0 Å². The molecule has 10 heteroatoms. The molecule has 28 heavy (non-hydrogen) atoms. The van der Waals surface area contributed by atoms with Crippen LogP contribution in [0.4, 0.5) is 30.4 Å². The number of methoxy groups -OCH3 is 1. The van der Waals surface area contributed by atoms with E-state index in [2.05, 4.69) is 5.10 Å². The molecule has 0 amide bonds. The lowest BCUT2D eigenvalue weighted by atomic mass is 10.0. The lowest BCUT2D eigenvalue weighted by Gasteiger charge is -2.23. The minimum atomic E-state index is -0.882. The van der Waals surface area contributed by atoms with E-state index in [0.29, 0.717) is 0 Å². The van der Waals surface area contributed by atoms with Crippen molar-refractivity contribution in [2.75, 3.05) is 17.9 Å². The van der Waals surface area contributed by atoms with Gasteiger partial charge in [0.1, 0.15) is 23.1 Å². The Morgan fingerprint density at radius 2 is 1.68 bits per heavy atom. The predicted octanol–water partition coefficient (Wildman–Crippen LogP) is 4.07. The molecule has 3 aromatic rings. The molecule has 148 valence electrons. The third-order valence-electron chi connectivity index (χ3n) is 4.22. The fourth-order valence-corrected chi connectivity index (χ4v) is 3.28. The summed E-state index contributed by atoms with van der Waals surface area (Å²) >= 11 is 5.80. The third-order valence-corrected chi connectivity index (χ3v) is 4.44. The van der Waals surface area contributed by atoms with Crippen molar-refractivity contribution in [3.63, 3.8) is 0 Å². The Labute approximate surface area is 164 Å². The summed E-state index contributed by atoms with van der Waals surface area (Å²) < 4.78 is 50.0. The van der Waals surface area contributed by atoms with E-state index in [1.54, 1.807) is 6.92 Å². The molecule has 0 saturated heterocycles. The summed E-state index contributed by atoms with van der Waals surface area (Å²) in [5.74, 6) is 3.60. The average Bonchev–Trinajstić information content (AvgIpc) is 2.87. The van der Waals surface area contributed by atoms with Crippen LogP contribution < -0.4 is 21.3 Å². The van der Waals surface area contributed by atoms with Gasteiger partial charge in [-0.25, -0.2) is 19.0 Å². The van der Waals surface area contributed by atoms with E-state index in [9.17, 15) is 13.2 Å². The summed E-state index contributed by atoms with van der Waals surface area (Å²) in [7, 11) is 2.80. The van der Waals surface area contributed by atoms with Crippen LogP contribution in [0.2, 0.25) is 5.02 Å². The van der Waals surface area contributed by atoms with Gasteiger partial charge in [-0.2, -0.15) is 5.10 Å². The van der Waals surface area contributed by atoms with Gasteiger partial charge in [0.25, 0.3) is 0 Å². The number of rotatable bonds is 4. The van der Waals surface area contributed by atoms with E-state index in [1.165, 1.54) is 24.9 Å². The van der Waals surface area contributed by atoms with Gasteiger partial charge in [0.15, 0.2) is 11.6 Å². The van der Waals surface area contributed by atoms with Crippen LogP contribution >= 0.6 is 11.6 Å². The number of nitrogens with two attached hydrogens (primary N) is 2. The maximum Gasteiger partial charge on any atom is 0.154 e. The molecule has 0 aliphatic heterocycles. The Morgan fingerprint density at radius 3 is 2.21 bits per heavy atom. The van der Waals surface area contributed by atoms with Crippen molar-refractivity contribution in [2.45, 2.75) is 6.92 Å². The summed E-state index contributed by atoms with van der Waals surface area (Å²) in [6, 6.07) is 4.42. The molecule has 2 aromatic carbocycles. The average molecular weight is 412 g/mol. The van der Waals surface area contributed by atoms with E-state index in [4.69, 9.17) is 27.9 Å². The predicted molar refractivity (Wildman–Crippen MR) is 102 cm³/mol. The number of nitrogens with zero attached hydrogens (tertiary/aromatic N) is 3. The van der Waals surface area contributed by atoms with Gasteiger partial charge in [-0.1, -0.05) is 11.6 Å². The second-order valence-corrected chi connectivity index (χ2v) is 6.51. The quantitative estimate of drug-likeness (QED) is 0.384. The van der Waals surface area contributed by atoms with Crippen LogP contribution in [0.25, 0.3) is 11.1 Å². The van der Waals surface area contributed by atoms with Crippen molar-refractivity contribution in [2.24, 2.45) is 12.9 Å². The summed E-state index contributed by atoms with van der Waals surface area (Å²) in [6.07, 6.45) is 0. The molecule has 0 saturated carbocycles. The fourth-order valence-electron chi connectivity index (χ4n) is 3.07. The topological polar surface area (TPSA) is 82.3 Å². The number of aryl methyl sites for hydroxylation is 2. The Bertz CT molecular complexity index is 1020. The highest BCUT2D eigenvalue weighted by molar-refractivity contribution is 6.31. The number of aromatic nitrogens is 2. The van der Waals surface area contributed by atoms with E-state index >= 15 is 0 Å². The van der Waals surface area contributed by atoms with Crippen LogP contribution in [0.1, 0.15) is 5.69 Å². The van der Waals surface area contributed by atoms with Crippen molar-refractivity contribution in [3.8, 4) is 16.9 Å². The van der Waals surface area contributed by atoms with Gasteiger partial charge in [-0.3, -0.25) is 9.69 Å². The van der Waals surface area contributed by atoms with Crippen LogP contribution in [-0.2, 0) is 7.05 Å². The number of hydrogen-bond donors (Lipinski definition) is 2. The molecular weight excluding hydrogens is 395 g/mol. The van der Waals surface area contributed by atoms with Gasteiger partial charge in [0.2, 0.25) is 0 Å². The van der Waals surface area contributed by atoms with Crippen LogP contribution in [0.5, 0.6) is 5.75 Å². The third kappa shape index (κ3) is 3.23. The van der Waals surface area contributed by atoms with Gasteiger partial charge in [0.05, 0.1) is 29.6 Å². The van der Waals surface area contributed by atoms with Crippen LogP contribution in [0.3, 0.4) is 0 Å². The standard InChI is InChI=1S/C18H17ClF3N5O/c1-8-15(16-11(20)6-10(28-3)7-12(16)21)18(26(2)25-8)27(24)17-13(22)4-9(19)5-14(17)23/h4-7H,23-24H2,1-3H3. The summed E-state index contributed by atoms with van der Waals surface area (Å²) in [4.78, 5) is 0. The molecular formula is C18H17ClF3N5O. The highest BCUT2D eigenvalue weighted by atomic mass is 35.5. The van der Waals surface area contributed by atoms with E-state index in [0.717, 1.165) is 23.2 Å². The normalized spacial score (nSPS) is 11.0. The Morgan fingerprint density at radius 1 is 1.07 bits per heavy atom. The molecule has 0 bridgehead atoms. The smallest absolute Gasteiger partial charge is 0.154 e. The van der Waals surface area contributed by atoms with E-state index in [1.807, 2.05) is 0 Å². The first-order valence-corrected chi connectivity index (χ1v) is 8.39. The van der Waals surface area contributed by atoms with Crippen molar-refractivity contribution in [1.29, 1.82) is 0 Å². The highest BCUT2D eigenvalue weighted by Gasteiger charge is 2.28. The number of hydrazine groups is 1. The lowest BCUT2D eigenvalue weighted by molar-refractivity contribution is 0.407. The first kappa shape index (κ1) is 19.8. The number of ether oxygens (including phenoxy) is 1. The van der Waals surface area contributed by atoms with Crippen molar-refractivity contribution < 1.29 is 17.9 Å². The maximum atomic E-state index is 14.7. The molecule has 1 aromatic heterocycles. The van der Waals surface area contributed by atoms with Gasteiger partial charge < -0.3 is 10.5 Å². The number of benzene rings is 2. The van der Waals surface area contributed by atoms with Gasteiger partial charge >= 0.3 is 0 Å². The molecule has 1 heterocycles. The molecule has 3 rings (SSSR count). The van der Waals surface area contributed by atoms with Crippen LogP contribution in [-0.4, -0.2) is 16.9 Å². The Balaban J connectivity index is 2.27. The number of hydrogen-bond acceptors (Lipinski definition) is 5. The zero-order valence-corrected chi connectivity index (χ0v) is 16.0. The lowest BCUT2D eigenvalue weighted by Crippen LogP contribution is -2.29. The number of anilines is 3. The fraction of sp³-hybridized carbons (Fsp3) is 0.167. The van der Waals surface area contributed by atoms with E-state index in [-0.39, 0.29) is 44.8 Å². The Kier molecular flexibility index (Phi) is 5.14. The van der Waals surface area contributed by atoms with Crippen LogP contribution in [0.15, 0.2) is 24.3 Å². The van der Waals surface area contributed by atoms with Crippen LogP contribution in [0, 0.1) is 24.4 Å². The molecule has 0 unspecified atom stereocenters.